The maximum atomic E-state index is 10.9. The summed E-state index contributed by atoms with van der Waals surface area (Å²) in [6.07, 6.45) is 0.243. The Labute approximate surface area is 83.0 Å². The number of rotatable bonds is 2. The third kappa shape index (κ3) is 1.87. The molecule has 0 unspecified atom stereocenters. The first-order valence-corrected chi connectivity index (χ1v) is 4.44. The van der Waals surface area contributed by atoms with Crippen molar-refractivity contribution in [3.05, 3.63) is 22.8 Å². The summed E-state index contributed by atoms with van der Waals surface area (Å²) in [4.78, 5) is 10.9. The van der Waals surface area contributed by atoms with Gasteiger partial charge in [0, 0.05) is 12.0 Å². The van der Waals surface area contributed by atoms with Gasteiger partial charge in [0.2, 0.25) is 0 Å². The summed E-state index contributed by atoms with van der Waals surface area (Å²) in [7, 11) is 0. The monoisotopic (exact) mass is 194 g/mol. The van der Waals surface area contributed by atoms with Crippen molar-refractivity contribution in [1.82, 2.24) is 0 Å². The smallest absolute Gasteiger partial charge is 0.134 e. The van der Waals surface area contributed by atoms with Crippen molar-refractivity contribution in [3.8, 4) is 11.5 Å². The van der Waals surface area contributed by atoms with Crippen LogP contribution in [0.1, 0.15) is 23.6 Å². The lowest BCUT2D eigenvalue weighted by Gasteiger charge is -2.10. The van der Waals surface area contributed by atoms with Crippen molar-refractivity contribution in [3.63, 3.8) is 0 Å². The summed E-state index contributed by atoms with van der Waals surface area (Å²) in [5, 5.41) is 19.1. The van der Waals surface area contributed by atoms with Crippen LogP contribution in [-0.2, 0) is 11.2 Å². The third-order valence-electron chi connectivity index (χ3n) is 2.33. The minimum atomic E-state index is 0.00996. The molecule has 0 saturated heterocycles. The van der Waals surface area contributed by atoms with E-state index in [-0.39, 0.29) is 23.7 Å². The highest BCUT2D eigenvalue weighted by atomic mass is 16.3. The summed E-state index contributed by atoms with van der Waals surface area (Å²) in [5.74, 6) is 0.112. The molecule has 14 heavy (non-hydrogen) atoms. The molecular weight excluding hydrogens is 180 g/mol. The normalized spacial score (nSPS) is 10.2. The Hall–Kier alpha value is -1.51. The SMILES string of the molecule is CC(=O)Cc1cc(O)c(C)c(O)c1C. The molecule has 0 atom stereocenters. The van der Waals surface area contributed by atoms with Gasteiger partial charge in [0.05, 0.1) is 0 Å². The Morgan fingerprint density at radius 2 is 1.86 bits per heavy atom. The maximum Gasteiger partial charge on any atom is 0.134 e. The maximum absolute atomic E-state index is 10.9. The molecule has 76 valence electrons. The minimum absolute atomic E-state index is 0.00996. The fraction of sp³-hybridized carbons (Fsp3) is 0.364. The third-order valence-corrected chi connectivity index (χ3v) is 2.33. The minimum Gasteiger partial charge on any atom is -0.508 e. The van der Waals surface area contributed by atoms with Gasteiger partial charge in [-0.1, -0.05) is 0 Å². The zero-order valence-electron chi connectivity index (χ0n) is 8.59. The second-order valence-electron chi connectivity index (χ2n) is 3.53. The number of ketones is 1. The topological polar surface area (TPSA) is 57.5 Å². The molecule has 0 aliphatic carbocycles. The van der Waals surface area contributed by atoms with Crippen LogP contribution in [-0.4, -0.2) is 16.0 Å². The molecule has 3 heteroatoms. The van der Waals surface area contributed by atoms with E-state index in [0.717, 1.165) is 0 Å². The van der Waals surface area contributed by atoms with E-state index in [1.54, 1.807) is 13.8 Å². The van der Waals surface area contributed by atoms with Gasteiger partial charge in [-0.25, -0.2) is 0 Å². The van der Waals surface area contributed by atoms with Crippen LogP contribution in [0.4, 0.5) is 0 Å². The van der Waals surface area contributed by atoms with E-state index >= 15 is 0 Å². The van der Waals surface area contributed by atoms with Crippen LogP contribution in [0.2, 0.25) is 0 Å². The molecule has 0 amide bonds. The summed E-state index contributed by atoms with van der Waals surface area (Å²) in [6.45, 7) is 4.85. The van der Waals surface area contributed by atoms with E-state index < -0.39 is 0 Å². The van der Waals surface area contributed by atoms with E-state index in [1.807, 2.05) is 0 Å². The lowest BCUT2D eigenvalue weighted by atomic mass is 9.99. The number of aromatic hydroxyl groups is 2. The number of carbonyl (C=O) groups is 1. The molecule has 0 radical (unpaired) electrons. The van der Waals surface area contributed by atoms with Crippen LogP contribution in [0.5, 0.6) is 11.5 Å². The number of phenolic OH excluding ortho intramolecular Hbond substituents is 2. The molecule has 3 nitrogen and oxygen atoms in total. The Bertz CT molecular complexity index is 381. The average Bonchev–Trinajstić information content (AvgIpc) is 2.10. The number of phenols is 2. The Balaban J connectivity index is 3.25. The molecule has 0 fully saturated rings. The standard InChI is InChI=1S/C11H14O3/c1-6(12)4-9-5-10(13)8(3)11(14)7(9)2/h5,13-14H,4H2,1-3H3. The second-order valence-corrected chi connectivity index (χ2v) is 3.53. The van der Waals surface area contributed by atoms with Gasteiger partial charge in [-0.2, -0.15) is 0 Å². The lowest BCUT2D eigenvalue weighted by Crippen LogP contribution is -1.99. The fourth-order valence-corrected chi connectivity index (χ4v) is 1.39. The number of benzene rings is 1. The molecule has 0 bridgehead atoms. The predicted molar refractivity (Wildman–Crippen MR) is 53.6 cm³/mol. The van der Waals surface area contributed by atoms with Crippen molar-refractivity contribution >= 4 is 5.78 Å². The first-order valence-electron chi connectivity index (χ1n) is 4.44. The number of Topliss-reactive ketones (excluding diaryl/α,β-unsaturated/α-hetero) is 1. The largest absolute Gasteiger partial charge is 0.508 e. The van der Waals surface area contributed by atoms with Gasteiger partial charge in [0.1, 0.15) is 17.3 Å². The molecule has 0 aromatic heterocycles. The van der Waals surface area contributed by atoms with Gasteiger partial charge >= 0.3 is 0 Å². The number of hydrogen-bond donors (Lipinski definition) is 2. The van der Waals surface area contributed by atoms with E-state index in [1.165, 1.54) is 13.0 Å². The van der Waals surface area contributed by atoms with E-state index in [4.69, 9.17) is 0 Å². The molecule has 0 aliphatic rings. The summed E-state index contributed by atoms with van der Waals surface area (Å²) in [6, 6.07) is 1.53. The molecule has 0 heterocycles. The van der Waals surface area contributed by atoms with Gasteiger partial charge in [-0.3, -0.25) is 4.79 Å². The molecule has 1 aromatic carbocycles. The van der Waals surface area contributed by atoms with Crippen LogP contribution >= 0.6 is 0 Å². The molecular formula is C11H14O3. The van der Waals surface area contributed by atoms with Gasteiger partial charge in [-0.05, 0) is 38.0 Å². The number of carbonyl (C=O) groups excluding carboxylic acids is 1. The van der Waals surface area contributed by atoms with Crippen LogP contribution in [0, 0.1) is 13.8 Å². The Morgan fingerprint density at radius 1 is 1.29 bits per heavy atom. The van der Waals surface area contributed by atoms with Crippen LogP contribution in [0.15, 0.2) is 6.07 Å². The van der Waals surface area contributed by atoms with Gasteiger partial charge in [0.25, 0.3) is 0 Å². The summed E-state index contributed by atoms with van der Waals surface area (Å²) in [5.41, 5.74) is 1.79. The average molecular weight is 194 g/mol. The van der Waals surface area contributed by atoms with Crippen molar-refractivity contribution in [1.29, 1.82) is 0 Å². The lowest BCUT2D eigenvalue weighted by molar-refractivity contribution is -0.116. The molecule has 0 aliphatic heterocycles. The van der Waals surface area contributed by atoms with E-state index in [0.29, 0.717) is 16.7 Å². The van der Waals surface area contributed by atoms with Gasteiger partial charge in [-0.15, -0.1) is 0 Å². The first kappa shape index (κ1) is 10.6. The summed E-state index contributed by atoms with van der Waals surface area (Å²) >= 11 is 0. The Morgan fingerprint density at radius 3 is 2.36 bits per heavy atom. The van der Waals surface area contributed by atoms with Crippen molar-refractivity contribution in [2.75, 3.05) is 0 Å². The number of hydrogen-bond acceptors (Lipinski definition) is 3. The quantitative estimate of drug-likeness (QED) is 0.755. The highest BCUT2D eigenvalue weighted by Crippen LogP contribution is 2.32. The Kier molecular flexibility index (Phi) is 2.79. The van der Waals surface area contributed by atoms with Crippen LogP contribution < -0.4 is 0 Å². The van der Waals surface area contributed by atoms with Gasteiger partial charge in [0.15, 0.2) is 0 Å². The summed E-state index contributed by atoms with van der Waals surface area (Å²) < 4.78 is 0. The van der Waals surface area contributed by atoms with Crippen molar-refractivity contribution in [2.45, 2.75) is 27.2 Å². The van der Waals surface area contributed by atoms with Crippen molar-refractivity contribution in [2.24, 2.45) is 0 Å². The first-order chi connectivity index (χ1) is 6.43. The highest BCUT2D eigenvalue weighted by molar-refractivity contribution is 5.79. The molecule has 1 rings (SSSR count). The predicted octanol–water partition coefficient (Wildman–Crippen LogP) is 1.85. The highest BCUT2D eigenvalue weighted by Gasteiger charge is 2.11. The molecule has 0 spiro atoms. The van der Waals surface area contributed by atoms with Crippen molar-refractivity contribution < 1.29 is 15.0 Å². The second kappa shape index (κ2) is 3.70. The van der Waals surface area contributed by atoms with E-state index in [9.17, 15) is 15.0 Å². The van der Waals surface area contributed by atoms with Crippen LogP contribution in [0.3, 0.4) is 0 Å². The fourth-order valence-electron chi connectivity index (χ4n) is 1.39. The van der Waals surface area contributed by atoms with Crippen LogP contribution in [0.25, 0.3) is 0 Å². The van der Waals surface area contributed by atoms with E-state index in [2.05, 4.69) is 0 Å². The van der Waals surface area contributed by atoms with Gasteiger partial charge < -0.3 is 10.2 Å². The molecule has 0 saturated carbocycles. The zero-order valence-corrected chi connectivity index (χ0v) is 8.59. The molecule has 1 aromatic rings. The molecule has 2 N–H and O–H groups in total. The zero-order chi connectivity index (χ0) is 10.9.